The standard InChI is InChI=1S/C14H19ClO3/c1-14(2,3)10-5-4-9(8-11(10)15)12(16)6-7-13(17)18/h4-5,8,12,16H,6-7H2,1-3H3,(H,17,18). The molecule has 0 aromatic heterocycles. The third kappa shape index (κ3) is 4.00. The van der Waals surface area contributed by atoms with Gasteiger partial charge in [0.05, 0.1) is 6.10 Å². The van der Waals surface area contributed by atoms with Crippen molar-refractivity contribution in [3.63, 3.8) is 0 Å². The van der Waals surface area contributed by atoms with E-state index in [1.165, 1.54) is 0 Å². The second-order valence-electron chi connectivity index (χ2n) is 5.44. The van der Waals surface area contributed by atoms with Gasteiger partial charge in [-0.15, -0.1) is 0 Å². The monoisotopic (exact) mass is 270 g/mol. The molecular weight excluding hydrogens is 252 g/mol. The second kappa shape index (κ2) is 5.72. The summed E-state index contributed by atoms with van der Waals surface area (Å²) in [6.45, 7) is 6.19. The second-order valence-corrected chi connectivity index (χ2v) is 5.84. The van der Waals surface area contributed by atoms with Crippen molar-refractivity contribution in [1.82, 2.24) is 0 Å². The molecule has 1 unspecified atom stereocenters. The molecule has 18 heavy (non-hydrogen) atoms. The van der Waals surface area contributed by atoms with Crippen LogP contribution < -0.4 is 0 Å². The largest absolute Gasteiger partial charge is 0.481 e. The predicted octanol–water partition coefficient (Wildman–Crippen LogP) is 3.54. The molecule has 3 nitrogen and oxygen atoms in total. The first kappa shape index (κ1) is 15.0. The van der Waals surface area contributed by atoms with Gasteiger partial charge >= 0.3 is 5.97 Å². The Morgan fingerprint density at radius 1 is 1.39 bits per heavy atom. The highest BCUT2D eigenvalue weighted by Gasteiger charge is 2.19. The van der Waals surface area contributed by atoms with Gasteiger partial charge in [0.1, 0.15) is 0 Å². The van der Waals surface area contributed by atoms with Gasteiger partial charge in [0.25, 0.3) is 0 Å². The first-order valence-corrected chi connectivity index (χ1v) is 6.29. The number of carbonyl (C=O) groups is 1. The fraction of sp³-hybridized carbons (Fsp3) is 0.500. The zero-order chi connectivity index (χ0) is 13.9. The Labute approximate surface area is 112 Å². The van der Waals surface area contributed by atoms with E-state index in [-0.39, 0.29) is 18.3 Å². The van der Waals surface area contributed by atoms with Crippen LogP contribution in [0.5, 0.6) is 0 Å². The number of aliphatic hydroxyl groups excluding tert-OH is 1. The van der Waals surface area contributed by atoms with Crippen molar-refractivity contribution in [2.24, 2.45) is 0 Å². The van der Waals surface area contributed by atoms with Gasteiger partial charge < -0.3 is 10.2 Å². The van der Waals surface area contributed by atoms with Crippen LogP contribution in [-0.4, -0.2) is 16.2 Å². The summed E-state index contributed by atoms with van der Waals surface area (Å²) in [4.78, 5) is 10.5. The van der Waals surface area contributed by atoms with Gasteiger partial charge in [-0.3, -0.25) is 4.79 Å². The van der Waals surface area contributed by atoms with Crippen molar-refractivity contribution in [3.8, 4) is 0 Å². The Bertz CT molecular complexity index is 435. The lowest BCUT2D eigenvalue weighted by atomic mass is 9.86. The van der Waals surface area contributed by atoms with Crippen LogP contribution >= 0.6 is 11.6 Å². The highest BCUT2D eigenvalue weighted by molar-refractivity contribution is 6.31. The molecule has 0 fully saturated rings. The van der Waals surface area contributed by atoms with E-state index in [9.17, 15) is 9.90 Å². The third-order valence-electron chi connectivity index (χ3n) is 2.82. The van der Waals surface area contributed by atoms with E-state index in [2.05, 4.69) is 20.8 Å². The van der Waals surface area contributed by atoms with Crippen molar-refractivity contribution >= 4 is 17.6 Å². The summed E-state index contributed by atoms with van der Waals surface area (Å²) >= 11 is 6.19. The number of rotatable bonds is 4. The number of hydrogen-bond donors (Lipinski definition) is 2. The minimum absolute atomic E-state index is 0.0539. The first-order valence-electron chi connectivity index (χ1n) is 5.91. The molecule has 0 heterocycles. The van der Waals surface area contributed by atoms with Crippen LogP contribution in [0, 0.1) is 0 Å². The highest BCUT2D eigenvalue weighted by atomic mass is 35.5. The van der Waals surface area contributed by atoms with Crippen LogP contribution in [0.25, 0.3) is 0 Å². The smallest absolute Gasteiger partial charge is 0.303 e. The minimum atomic E-state index is -0.911. The molecule has 1 atom stereocenters. The van der Waals surface area contributed by atoms with E-state index < -0.39 is 12.1 Å². The maximum atomic E-state index is 10.5. The predicted molar refractivity (Wildman–Crippen MR) is 72.0 cm³/mol. The third-order valence-corrected chi connectivity index (χ3v) is 3.13. The Morgan fingerprint density at radius 3 is 2.44 bits per heavy atom. The van der Waals surface area contributed by atoms with Crippen LogP contribution in [0.2, 0.25) is 5.02 Å². The van der Waals surface area contributed by atoms with Gasteiger partial charge in [-0.2, -0.15) is 0 Å². The molecule has 0 saturated carbocycles. The van der Waals surface area contributed by atoms with Crippen LogP contribution in [-0.2, 0) is 10.2 Å². The molecule has 100 valence electrons. The summed E-state index contributed by atoms with van der Waals surface area (Å²) in [6, 6.07) is 5.41. The van der Waals surface area contributed by atoms with Crippen LogP contribution in [0.1, 0.15) is 50.8 Å². The first-order chi connectivity index (χ1) is 8.21. The van der Waals surface area contributed by atoms with E-state index in [1.807, 2.05) is 6.07 Å². The van der Waals surface area contributed by atoms with E-state index in [4.69, 9.17) is 16.7 Å². The molecule has 0 aliphatic carbocycles. The Balaban J connectivity index is 2.87. The van der Waals surface area contributed by atoms with E-state index in [1.54, 1.807) is 12.1 Å². The quantitative estimate of drug-likeness (QED) is 0.880. The van der Waals surface area contributed by atoms with Crippen molar-refractivity contribution in [2.75, 3.05) is 0 Å². The molecule has 0 aliphatic heterocycles. The van der Waals surface area contributed by atoms with E-state index in [0.29, 0.717) is 10.6 Å². The molecule has 0 amide bonds. The van der Waals surface area contributed by atoms with Gasteiger partial charge in [-0.05, 0) is 29.0 Å². The topological polar surface area (TPSA) is 57.5 Å². The molecule has 2 N–H and O–H groups in total. The van der Waals surface area contributed by atoms with Crippen LogP contribution in [0.3, 0.4) is 0 Å². The molecule has 4 heteroatoms. The lowest BCUT2D eigenvalue weighted by Gasteiger charge is -2.22. The van der Waals surface area contributed by atoms with Gasteiger partial charge in [-0.25, -0.2) is 0 Å². The number of halogens is 1. The molecule has 0 bridgehead atoms. The number of aliphatic carboxylic acids is 1. The highest BCUT2D eigenvalue weighted by Crippen LogP contribution is 2.32. The summed E-state index contributed by atoms with van der Waals surface area (Å²) in [7, 11) is 0. The average Bonchev–Trinajstić information content (AvgIpc) is 2.23. The maximum Gasteiger partial charge on any atom is 0.303 e. The average molecular weight is 271 g/mol. The summed E-state index contributed by atoms with van der Waals surface area (Å²) in [5.74, 6) is -0.911. The van der Waals surface area contributed by atoms with Crippen molar-refractivity contribution < 1.29 is 15.0 Å². The SMILES string of the molecule is CC(C)(C)c1ccc(C(O)CCC(=O)O)cc1Cl. The fourth-order valence-electron chi connectivity index (χ4n) is 1.77. The van der Waals surface area contributed by atoms with Crippen molar-refractivity contribution in [2.45, 2.75) is 45.1 Å². The van der Waals surface area contributed by atoms with Gasteiger partial charge in [0.15, 0.2) is 0 Å². The molecule has 0 saturated heterocycles. The molecule has 0 aliphatic rings. The number of carboxylic acid groups (broad SMARTS) is 1. The molecule has 1 aromatic rings. The minimum Gasteiger partial charge on any atom is -0.481 e. The fourth-order valence-corrected chi connectivity index (χ4v) is 2.25. The van der Waals surface area contributed by atoms with Gasteiger partial charge in [0.2, 0.25) is 0 Å². The maximum absolute atomic E-state index is 10.5. The zero-order valence-electron chi connectivity index (χ0n) is 10.9. The molecule has 0 radical (unpaired) electrons. The van der Waals surface area contributed by atoms with E-state index in [0.717, 1.165) is 5.56 Å². The zero-order valence-corrected chi connectivity index (χ0v) is 11.7. The summed E-state index contributed by atoms with van der Waals surface area (Å²) in [6.07, 6.45) is -0.645. The lowest BCUT2D eigenvalue weighted by Crippen LogP contribution is -2.12. The van der Waals surface area contributed by atoms with Gasteiger partial charge in [0, 0.05) is 11.4 Å². The van der Waals surface area contributed by atoms with Gasteiger partial charge in [-0.1, -0.05) is 44.5 Å². The summed E-state index contributed by atoms with van der Waals surface area (Å²) in [5.41, 5.74) is 1.62. The summed E-state index contributed by atoms with van der Waals surface area (Å²) < 4.78 is 0. The molecular formula is C14H19ClO3. The van der Waals surface area contributed by atoms with Crippen LogP contribution in [0.4, 0.5) is 0 Å². The summed E-state index contributed by atoms with van der Waals surface area (Å²) in [5, 5.41) is 19.0. The number of benzene rings is 1. The number of aliphatic hydroxyl groups is 1. The Kier molecular flexibility index (Phi) is 4.77. The lowest BCUT2D eigenvalue weighted by molar-refractivity contribution is -0.137. The number of carboxylic acids is 1. The molecule has 0 spiro atoms. The Hall–Kier alpha value is -1.06. The molecule has 1 aromatic carbocycles. The molecule has 1 rings (SSSR count). The number of hydrogen-bond acceptors (Lipinski definition) is 2. The normalized spacial score (nSPS) is 13.4. The van der Waals surface area contributed by atoms with Crippen molar-refractivity contribution in [1.29, 1.82) is 0 Å². The van der Waals surface area contributed by atoms with Crippen LogP contribution in [0.15, 0.2) is 18.2 Å². The van der Waals surface area contributed by atoms with E-state index >= 15 is 0 Å². The van der Waals surface area contributed by atoms with Crippen molar-refractivity contribution in [3.05, 3.63) is 34.3 Å². The Morgan fingerprint density at radius 2 is 2.00 bits per heavy atom.